The van der Waals surface area contributed by atoms with Crippen molar-refractivity contribution >= 4 is 11.7 Å². The first-order valence-electron chi connectivity index (χ1n) is 5.63. The van der Waals surface area contributed by atoms with Crippen molar-refractivity contribution in [2.45, 2.75) is 13.1 Å². The van der Waals surface area contributed by atoms with Gasteiger partial charge >= 0.3 is 6.03 Å². The Morgan fingerprint density at radius 3 is 2.56 bits per heavy atom. The van der Waals surface area contributed by atoms with Crippen molar-refractivity contribution in [2.75, 3.05) is 5.32 Å². The van der Waals surface area contributed by atoms with E-state index in [-0.39, 0.29) is 6.03 Å². The summed E-state index contributed by atoms with van der Waals surface area (Å²) in [6, 6.07) is 8.95. The number of carbonyl (C=O) groups excluding carboxylic acids is 1. The predicted molar refractivity (Wildman–Crippen MR) is 68.9 cm³/mol. The molecule has 1 heterocycles. The normalized spacial score (nSPS) is 10.1. The minimum absolute atomic E-state index is 0.253. The van der Waals surface area contributed by atoms with Gasteiger partial charge in [-0.15, -0.1) is 0 Å². The zero-order valence-electron chi connectivity index (χ0n) is 9.85. The molecule has 0 spiro atoms. The van der Waals surface area contributed by atoms with Crippen LogP contribution in [-0.4, -0.2) is 6.03 Å². The second-order valence-corrected chi connectivity index (χ2v) is 3.84. The maximum absolute atomic E-state index is 11.6. The van der Waals surface area contributed by atoms with Crippen LogP contribution in [0.1, 0.15) is 11.1 Å². The lowest BCUT2D eigenvalue weighted by molar-refractivity contribution is 0.251. The summed E-state index contributed by atoms with van der Waals surface area (Å²) in [6.07, 6.45) is 3.16. The van der Waals surface area contributed by atoms with Gasteiger partial charge in [-0.05, 0) is 23.8 Å². The predicted octanol–water partition coefficient (Wildman–Crippen LogP) is 2.06. The van der Waals surface area contributed by atoms with Crippen LogP contribution in [0.15, 0.2) is 47.3 Å². The summed E-state index contributed by atoms with van der Waals surface area (Å²) in [7, 11) is 0. The molecule has 0 atom stereocenters. The molecule has 0 bridgehead atoms. The van der Waals surface area contributed by atoms with Gasteiger partial charge in [-0.2, -0.15) is 0 Å². The number of benzene rings is 1. The van der Waals surface area contributed by atoms with E-state index in [1.807, 2.05) is 24.3 Å². The summed E-state index contributed by atoms with van der Waals surface area (Å²) < 4.78 is 4.91. The molecule has 0 unspecified atom stereocenters. The molecule has 5 heteroatoms. The Labute approximate surface area is 105 Å². The zero-order chi connectivity index (χ0) is 12.8. The Bertz CT molecular complexity index is 491. The van der Waals surface area contributed by atoms with Gasteiger partial charge < -0.3 is 20.8 Å². The smallest absolute Gasteiger partial charge is 0.319 e. The summed E-state index contributed by atoms with van der Waals surface area (Å²) >= 11 is 0. The van der Waals surface area contributed by atoms with Crippen molar-refractivity contribution in [3.8, 4) is 0 Å². The maximum Gasteiger partial charge on any atom is 0.319 e. The Kier molecular flexibility index (Phi) is 3.98. The topological polar surface area (TPSA) is 80.3 Å². The number of carbonyl (C=O) groups is 1. The molecule has 94 valence electrons. The first kappa shape index (κ1) is 12.2. The van der Waals surface area contributed by atoms with E-state index in [0.29, 0.717) is 13.1 Å². The Balaban J connectivity index is 1.83. The Morgan fingerprint density at radius 1 is 1.17 bits per heavy atom. The molecule has 0 aliphatic heterocycles. The van der Waals surface area contributed by atoms with E-state index in [0.717, 1.165) is 16.8 Å². The van der Waals surface area contributed by atoms with Crippen molar-refractivity contribution in [3.05, 3.63) is 54.0 Å². The van der Waals surface area contributed by atoms with Crippen LogP contribution in [-0.2, 0) is 13.1 Å². The average molecular weight is 245 g/mol. The lowest BCUT2D eigenvalue weighted by Gasteiger charge is -2.07. The van der Waals surface area contributed by atoms with E-state index in [1.165, 1.54) is 0 Å². The second-order valence-electron chi connectivity index (χ2n) is 3.84. The number of anilines is 1. The van der Waals surface area contributed by atoms with Crippen LogP contribution in [0.2, 0.25) is 0 Å². The Morgan fingerprint density at radius 2 is 1.94 bits per heavy atom. The van der Waals surface area contributed by atoms with Crippen molar-refractivity contribution < 1.29 is 9.21 Å². The molecule has 2 amide bonds. The molecule has 18 heavy (non-hydrogen) atoms. The fourth-order valence-electron chi connectivity index (χ4n) is 1.48. The molecule has 2 rings (SSSR count). The van der Waals surface area contributed by atoms with E-state index < -0.39 is 0 Å². The largest absolute Gasteiger partial charge is 0.472 e. The summed E-state index contributed by atoms with van der Waals surface area (Å²) in [6.45, 7) is 0.927. The first-order chi connectivity index (χ1) is 8.78. The van der Waals surface area contributed by atoms with Crippen molar-refractivity contribution in [1.29, 1.82) is 0 Å². The Hall–Kier alpha value is -2.27. The van der Waals surface area contributed by atoms with E-state index in [9.17, 15) is 4.79 Å². The number of rotatable bonds is 4. The van der Waals surface area contributed by atoms with Crippen molar-refractivity contribution in [3.63, 3.8) is 0 Å². The van der Waals surface area contributed by atoms with Crippen LogP contribution in [0.5, 0.6) is 0 Å². The standard InChI is InChI=1S/C13H15N3O2/c14-7-10-1-3-12(4-2-10)16-13(17)15-8-11-5-6-18-9-11/h1-6,9H,7-8,14H2,(H2,15,16,17). The van der Waals surface area contributed by atoms with Gasteiger partial charge in [0, 0.05) is 24.3 Å². The van der Waals surface area contributed by atoms with Crippen molar-refractivity contribution in [2.24, 2.45) is 5.73 Å². The lowest BCUT2D eigenvalue weighted by Crippen LogP contribution is -2.27. The zero-order valence-corrected chi connectivity index (χ0v) is 9.85. The lowest BCUT2D eigenvalue weighted by atomic mass is 10.2. The van der Waals surface area contributed by atoms with E-state index >= 15 is 0 Å². The van der Waals surface area contributed by atoms with E-state index in [4.69, 9.17) is 10.2 Å². The average Bonchev–Trinajstić information content (AvgIpc) is 2.90. The molecular weight excluding hydrogens is 230 g/mol. The number of hydrogen-bond acceptors (Lipinski definition) is 3. The van der Waals surface area contributed by atoms with Gasteiger partial charge in [-0.3, -0.25) is 0 Å². The third-order valence-corrected chi connectivity index (χ3v) is 2.48. The quantitative estimate of drug-likeness (QED) is 0.771. The summed E-state index contributed by atoms with van der Waals surface area (Å²) in [5, 5.41) is 5.46. The third-order valence-electron chi connectivity index (χ3n) is 2.48. The summed E-state index contributed by atoms with van der Waals surface area (Å²) in [4.78, 5) is 11.6. The highest BCUT2D eigenvalue weighted by Crippen LogP contribution is 2.08. The molecule has 0 radical (unpaired) electrons. The van der Waals surface area contributed by atoms with Crippen LogP contribution in [0, 0.1) is 0 Å². The number of hydrogen-bond donors (Lipinski definition) is 3. The third kappa shape index (κ3) is 3.36. The molecule has 1 aromatic heterocycles. The monoisotopic (exact) mass is 245 g/mol. The van der Waals surface area contributed by atoms with Gasteiger partial charge in [0.1, 0.15) is 0 Å². The molecule has 0 saturated carbocycles. The first-order valence-corrected chi connectivity index (χ1v) is 5.63. The number of nitrogens with two attached hydrogens (primary N) is 1. The van der Waals surface area contributed by atoms with Gasteiger partial charge in [0.2, 0.25) is 0 Å². The van der Waals surface area contributed by atoms with Gasteiger partial charge in [-0.25, -0.2) is 4.79 Å². The van der Waals surface area contributed by atoms with Gasteiger partial charge in [0.05, 0.1) is 12.5 Å². The number of furan rings is 1. The second kappa shape index (κ2) is 5.88. The van der Waals surface area contributed by atoms with Gasteiger partial charge in [0.15, 0.2) is 0 Å². The minimum atomic E-state index is -0.253. The highest BCUT2D eigenvalue weighted by Gasteiger charge is 2.02. The van der Waals surface area contributed by atoms with Crippen LogP contribution in [0.25, 0.3) is 0 Å². The van der Waals surface area contributed by atoms with Crippen LogP contribution < -0.4 is 16.4 Å². The molecular formula is C13H15N3O2. The van der Waals surface area contributed by atoms with Gasteiger partial charge in [-0.1, -0.05) is 12.1 Å². The fraction of sp³-hybridized carbons (Fsp3) is 0.154. The molecule has 1 aromatic carbocycles. The molecule has 0 saturated heterocycles. The fourth-order valence-corrected chi connectivity index (χ4v) is 1.48. The SMILES string of the molecule is NCc1ccc(NC(=O)NCc2ccoc2)cc1. The number of nitrogens with one attached hydrogen (secondary N) is 2. The molecule has 5 nitrogen and oxygen atoms in total. The van der Waals surface area contributed by atoms with Crippen LogP contribution >= 0.6 is 0 Å². The van der Waals surface area contributed by atoms with Crippen LogP contribution in [0.3, 0.4) is 0 Å². The highest BCUT2D eigenvalue weighted by atomic mass is 16.3. The number of amides is 2. The minimum Gasteiger partial charge on any atom is -0.472 e. The maximum atomic E-state index is 11.6. The van der Waals surface area contributed by atoms with Gasteiger partial charge in [0.25, 0.3) is 0 Å². The molecule has 0 aliphatic rings. The summed E-state index contributed by atoms with van der Waals surface area (Å²) in [5.74, 6) is 0. The molecule has 2 aromatic rings. The summed E-state index contributed by atoms with van der Waals surface area (Å²) in [5.41, 5.74) is 8.17. The molecule has 4 N–H and O–H groups in total. The van der Waals surface area contributed by atoms with E-state index in [2.05, 4.69) is 10.6 Å². The molecule has 0 aliphatic carbocycles. The highest BCUT2D eigenvalue weighted by molar-refractivity contribution is 5.89. The van der Waals surface area contributed by atoms with Crippen LogP contribution in [0.4, 0.5) is 10.5 Å². The number of urea groups is 1. The van der Waals surface area contributed by atoms with E-state index in [1.54, 1.807) is 18.6 Å². The molecule has 0 fully saturated rings. The van der Waals surface area contributed by atoms with Crippen molar-refractivity contribution in [1.82, 2.24) is 5.32 Å².